The number of fused-ring (bicyclic) bond motifs is 1. The van der Waals surface area contributed by atoms with E-state index in [-0.39, 0.29) is 16.9 Å². The van der Waals surface area contributed by atoms with Gasteiger partial charge in [0, 0.05) is 23.6 Å². The highest BCUT2D eigenvalue weighted by atomic mass is 16.3. The maximum Gasteiger partial charge on any atom is 0.115 e. The number of rotatable bonds is 11. The van der Waals surface area contributed by atoms with Crippen molar-refractivity contribution in [2.45, 2.75) is 219 Å². The van der Waals surface area contributed by atoms with Crippen LogP contribution in [-0.2, 0) is 5.41 Å². The molecule has 1 saturated heterocycles. The van der Waals surface area contributed by atoms with Crippen LogP contribution in [0.2, 0.25) is 0 Å². The van der Waals surface area contributed by atoms with Gasteiger partial charge in [0.1, 0.15) is 5.75 Å². The molecule has 0 amide bonds. The SMILES string of the molecule is C=C(/C=C/C1=CCCCC1)C(C)(C)c1cc(O)ccc1C.C=C(C)CCCCC.C=C/C=C1/N(C)C2CCC(O)C=C2C1(C)C.CC.CC.CC.CC.CCCCC. The van der Waals surface area contributed by atoms with E-state index in [4.69, 9.17) is 0 Å². The Balaban J connectivity index is -0.000000347. The highest BCUT2D eigenvalue weighted by molar-refractivity contribution is 5.47. The fourth-order valence-electron chi connectivity index (χ4n) is 7.02. The molecule has 0 spiro atoms. The number of hydrogen-bond donors (Lipinski definition) is 2. The number of aromatic hydroxyl groups is 1. The second-order valence-electron chi connectivity index (χ2n) is 15.6. The first-order valence-corrected chi connectivity index (χ1v) is 23.5. The molecule has 0 bridgehead atoms. The largest absolute Gasteiger partial charge is 0.508 e. The second kappa shape index (κ2) is 37.0. The van der Waals surface area contributed by atoms with E-state index in [1.807, 2.05) is 73.6 Å². The number of unbranched alkanes of at least 4 members (excludes halogenated alkanes) is 4. The van der Waals surface area contributed by atoms with Crippen LogP contribution in [0.1, 0.15) is 205 Å². The Morgan fingerprint density at radius 2 is 1.47 bits per heavy atom. The molecule has 1 aromatic carbocycles. The summed E-state index contributed by atoms with van der Waals surface area (Å²) in [5.74, 6) is 0.315. The molecule has 3 aliphatic rings. The maximum atomic E-state index is 9.76. The van der Waals surface area contributed by atoms with E-state index in [2.05, 4.69) is 124 Å². The summed E-state index contributed by atoms with van der Waals surface area (Å²) >= 11 is 0. The minimum atomic E-state index is -0.262. The van der Waals surface area contributed by atoms with Gasteiger partial charge in [-0.2, -0.15) is 0 Å². The fourth-order valence-corrected chi connectivity index (χ4v) is 7.02. The molecule has 1 fully saturated rings. The number of benzene rings is 1. The van der Waals surface area contributed by atoms with Crippen LogP contribution in [0.4, 0.5) is 0 Å². The Morgan fingerprint density at radius 3 is 1.93 bits per heavy atom. The normalized spacial score (nSPS) is 17.8. The van der Waals surface area contributed by atoms with Crippen molar-refractivity contribution in [3.63, 3.8) is 0 Å². The zero-order chi connectivity index (χ0) is 45.9. The molecule has 2 unspecified atom stereocenters. The molecule has 4 rings (SSSR count). The molecular formula is C55H99NO2. The summed E-state index contributed by atoms with van der Waals surface area (Å²) < 4.78 is 0. The van der Waals surface area contributed by atoms with Gasteiger partial charge in [0.05, 0.1) is 12.1 Å². The van der Waals surface area contributed by atoms with Crippen LogP contribution in [-0.4, -0.2) is 34.3 Å². The summed E-state index contributed by atoms with van der Waals surface area (Å²) in [5, 5.41) is 19.5. The number of phenols is 1. The van der Waals surface area contributed by atoms with Crippen molar-refractivity contribution >= 4 is 0 Å². The summed E-state index contributed by atoms with van der Waals surface area (Å²) in [7, 11) is 2.14. The second-order valence-corrected chi connectivity index (χ2v) is 15.6. The van der Waals surface area contributed by atoms with Gasteiger partial charge in [-0.05, 0) is 106 Å². The third-order valence-corrected chi connectivity index (χ3v) is 10.4. The van der Waals surface area contributed by atoms with E-state index in [0.717, 1.165) is 24.0 Å². The smallest absolute Gasteiger partial charge is 0.115 e. The average molecular weight is 806 g/mol. The van der Waals surface area contributed by atoms with Gasteiger partial charge < -0.3 is 15.1 Å². The molecule has 2 N–H and O–H groups in total. The number of hydrogen-bond acceptors (Lipinski definition) is 3. The van der Waals surface area contributed by atoms with Gasteiger partial charge in [0.2, 0.25) is 0 Å². The minimum Gasteiger partial charge on any atom is -0.508 e. The van der Waals surface area contributed by atoms with Crippen LogP contribution in [0.25, 0.3) is 0 Å². The molecule has 0 saturated carbocycles. The molecule has 1 aliphatic heterocycles. The lowest BCUT2D eigenvalue weighted by Gasteiger charge is -2.28. The molecule has 1 aromatic rings. The first-order chi connectivity index (χ1) is 27.6. The standard InChI is InChI=1S/C20H26O.C14H21NO.C8H16.C5H12.4C2H6/c1-15-10-13-18(21)14-19(15)20(3,4)16(2)11-12-17-8-6-5-7-9-17;1-5-6-13-14(2,3)11-9-10(16)7-8-12(11)15(13)4;1-4-5-6-7-8(2)3;1-3-5-4-2;4*1-2/h8,10-14,21H,2,5-7,9H2,1,3-4H3;5-6,9-10,12,16H,1,7-8H2,2-4H3;2,4-7H2,1,3H3;3-5H2,1-2H3;4*1-2H3/b12-11+;13-6+;;;;;;. The van der Waals surface area contributed by atoms with Gasteiger partial charge >= 0.3 is 0 Å². The Hall–Kier alpha value is -3.04. The molecule has 1 heterocycles. The molecule has 2 atom stereocenters. The highest BCUT2D eigenvalue weighted by Gasteiger charge is 2.45. The summed E-state index contributed by atoms with van der Waals surface area (Å²) in [6.45, 7) is 47.5. The van der Waals surface area contributed by atoms with E-state index in [9.17, 15) is 10.2 Å². The minimum absolute atomic E-state index is 0.0228. The van der Waals surface area contributed by atoms with Gasteiger partial charge in [-0.15, -0.1) is 6.58 Å². The van der Waals surface area contributed by atoms with Crippen LogP contribution in [0.3, 0.4) is 0 Å². The molecular weight excluding hydrogens is 707 g/mol. The quantitative estimate of drug-likeness (QED) is 0.133. The monoisotopic (exact) mass is 806 g/mol. The number of likely N-dealkylation sites (N-methyl/N-ethyl adjacent to an activating group) is 1. The predicted octanol–water partition coefficient (Wildman–Crippen LogP) is 17.5. The van der Waals surface area contributed by atoms with Crippen LogP contribution in [0, 0.1) is 12.3 Å². The first kappa shape index (κ1) is 61.6. The highest BCUT2D eigenvalue weighted by Crippen LogP contribution is 2.50. The molecule has 336 valence electrons. The summed E-state index contributed by atoms with van der Waals surface area (Å²) in [4.78, 5) is 2.33. The lowest BCUT2D eigenvalue weighted by Crippen LogP contribution is -2.29. The van der Waals surface area contributed by atoms with Crippen molar-refractivity contribution in [1.29, 1.82) is 0 Å². The van der Waals surface area contributed by atoms with Crippen molar-refractivity contribution in [3.8, 4) is 5.75 Å². The number of likely N-dealkylation sites (tertiary alicyclic amines) is 1. The van der Waals surface area contributed by atoms with Crippen molar-refractivity contribution in [1.82, 2.24) is 4.90 Å². The number of aliphatic hydroxyl groups is 1. The number of aryl methyl sites for hydroxylation is 1. The third kappa shape index (κ3) is 23.5. The van der Waals surface area contributed by atoms with Gasteiger partial charge in [-0.25, -0.2) is 0 Å². The first-order valence-electron chi connectivity index (χ1n) is 23.5. The summed E-state index contributed by atoms with van der Waals surface area (Å²) in [6, 6.07) is 6.02. The van der Waals surface area contributed by atoms with E-state index in [0.29, 0.717) is 11.8 Å². The predicted molar refractivity (Wildman–Crippen MR) is 267 cm³/mol. The average Bonchev–Trinajstić information content (AvgIpc) is 3.42. The van der Waals surface area contributed by atoms with Crippen LogP contribution >= 0.6 is 0 Å². The van der Waals surface area contributed by atoms with Gasteiger partial charge in [0.25, 0.3) is 0 Å². The molecule has 58 heavy (non-hydrogen) atoms. The Labute approximate surface area is 364 Å². The number of aliphatic hydroxyl groups excluding tert-OH is 1. The summed E-state index contributed by atoms with van der Waals surface area (Å²) in [6.07, 6.45) is 28.6. The Bertz CT molecular complexity index is 1330. The molecule has 2 aliphatic carbocycles. The molecule has 0 aromatic heterocycles. The van der Waals surface area contributed by atoms with Gasteiger partial charge in [-0.1, -0.05) is 197 Å². The number of phenolic OH excluding ortho intramolecular Hbond substituents is 1. The number of nitrogens with zero attached hydrogens (tertiary/aromatic N) is 1. The van der Waals surface area contributed by atoms with Crippen molar-refractivity contribution in [3.05, 3.63) is 114 Å². The zero-order valence-electron chi connectivity index (χ0n) is 42.0. The fraction of sp³-hybridized carbons (Fsp3) is 0.636. The Kier molecular flexibility index (Phi) is 39.3. The lowest BCUT2D eigenvalue weighted by atomic mass is 9.76. The van der Waals surface area contributed by atoms with E-state index < -0.39 is 0 Å². The molecule has 0 radical (unpaired) electrons. The van der Waals surface area contributed by atoms with Crippen molar-refractivity contribution < 1.29 is 10.2 Å². The van der Waals surface area contributed by atoms with E-state index >= 15 is 0 Å². The van der Waals surface area contributed by atoms with E-state index in [1.165, 1.54) is 98.6 Å². The van der Waals surface area contributed by atoms with Crippen LogP contribution < -0.4 is 0 Å². The van der Waals surface area contributed by atoms with Crippen LogP contribution in [0.5, 0.6) is 5.75 Å². The zero-order valence-corrected chi connectivity index (χ0v) is 42.0. The number of allylic oxidation sites excluding steroid dienone is 9. The third-order valence-electron chi connectivity index (χ3n) is 10.4. The Morgan fingerprint density at radius 1 is 0.897 bits per heavy atom. The maximum absolute atomic E-state index is 9.76. The van der Waals surface area contributed by atoms with Crippen molar-refractivity contribution in [2.24, 2.45) is 5.41 Å². The van der Waals surface area contributed by atoms with Gasteiger partial charge in [0.15, 0.2) is 0 Å². The van der Waals surface area contributed by atoms with Crippen LogP contribution in [0.15, 0.2) is 102 Å². The molecule has 3 nitrogen and oxygen atoms in total. The summed E-state index contributed by atoms with van der Waals surface area (Å²) in [5.41, 5.74) is 8.63. The topological polar surface area (TPSA) is 43.7 Å². The van der Waals surface area contributed by atoms with Crippen molar-refractivity contribution in [2.75, 3.05) is 7.05 Å². The lowest BCUT2D eigenvalue weighted by molar-refractivity contribution is 0.185. The van der Waals surface area contributed by atoms with Gasteiger partial charge in [-0.3, -0.25) is 0 Å². The molecule has 3 heteroatoms. The van der Waals surface area contributed by atoms with E-state index in [1.54, 1.807) is 6.07 Å².